The Labute approximate surface area is 157 Å². The maximum Gasteiger partial charge on any atom is 0.277 e. The summed E-state index contributed by atoms with van der Waals surface area (Å²) >= 11 is 0. The Kier molecular flexibility index (Phi) is 5.19. The highest BCUT2D eigenvalue weighted by Gasteiger charge is 2.30. The molecule has 0 aliphatic carbocycles. The van der Waals surface area contributed by atoms with Crippen molar-refractivity contribution >= 4 is 23.3 Å². The number of hydrogen-bond acceptors (Lipinski definition) is 5. The van der Waals surface area contributed by atoms with E-state index in [1.165, 1.54) is 6.08 Å². The van der Waals surface area contributed by atoms with E-state index in [9.17, 15) is 14.4 Å². The molecular weight excluding hydrogens is 344 g/mol. The number of aliphatic hydroxyl groups is 1. The molecule has 1 aliphatic rings. The molecule has 2 N–H and O–H groups in total. The molecule has 0 unspecified atom stereocenters. The summed E-state index contributed by atoms with van der Waals surface area (Å²) in [6, 6.07) is 12.3. The van der Waals surface area contributed by atoms with Crippen LogP contribution in [0.15, 0.2) is 54.2 Å². The molecule has 2 aromatic rings. The van der Waals surface area contributed by atoms with Gasteiger partial charge in [0, 0.05) is 22.9 Å². The molecule has 0 radical (unpaired) electrons. The first-order valence-electron chi connectivity index (χ1n) is 8.58. The van der Waals surface area contributed by atoms with E-state index < -0.39 is 11.8 Å². The molecule has 0 bridgehead atoms. The normalized spacial score (nSPS) is 13.7. The highest BCUT2D eigenvalue weighted by Crippen LogP contribution is 2.20. The zero-order chi connectivity index (χ0) is 19.6. The summed E-state index contributed by atoms with van der Waals surface area (Å²) in [5.74, 6) is -1.09. The van der Waals surface area contributed by atoms with Crippen molar-refractivity contribution in [2.45, 2.75) is 13.8 Å². The SMILES string of the molecule is Cc1ccc(C(=O)c2cccc(NC3=CC(=O)N(CCO)C3=O)c2)cc1C. The molecular formula is C21H20N2O4. The first-order chi connectivity index (χ1) is 12.9. The van der Waals surface area contributed by atoms with Crippen LogP contribution in [0.4, 0.5) is 5.69 Å². The Bertz CT molecular complexity index is 962. The topological polar surface area (TPSA) is 86.7 Å². The number of nitrogens with zero attached hydrogens (tertiary/aromatic N) is 1. The first-order valence-corrected chi connectivity index (χ1v) is 8.58. The van der Waals surface area contributed by atoms with E-state index in [0.29, 0.717) is 16.8 Å². The van der Waals surface area contributed by atoms with Gasteiger partial charge in [-0.15, -0.1) is 0 Å². The molecule has 0 saturated heterocycles. The number of carbonyl (C=O) groups is 3. The molecule has 2 amide bonds. The molecule has 0 fully saturated rings. The van der Waals surface area contributed by atoms with Gasteiger partial charge in [0.15, 0.2) is 5.78 Å². The van der Waals surface area contributed by atoms with Gasteiger partial charge in [-0.3, -0.25) is 19.3 Å². The van der Waals surface area contributed by atoms with Gasteiger partial charge in [0.1, 0.15) is 5.70 Å². The molecule has 1 aliphatic heterocycles. The standard InChI is InChI=1S/C21H20N2O4/c1-13-6-7-16(10-14(13)2)20(26)15-4-3-5-17(11-15)22-18-12-19(25)23(8-9-24)21(18)27/h3-7,10-12,22,24H,8-9H2,1-2H3. The van der Waals surface area contributed by atoms with Crippen molar-refractivity contribution < 1.29 is 19.5 Å². The zero-order valence-electron chi connectivity index (χ0n) is 15.2. The second-order valence-electron chi connectivity index (χ2n) is 6.41. The van der Waals surface area contributed by atoms with Crippen LogP contribution >= 0.6 is 0 Å². The van der Waals surface area contributed by atoms with Crippen molar-refractivity contribution in [3.63, 3.8) is 0 Å². The highest BCUT2D eigenvalue weighted by molar-refractivity contribution is 6.17. The summed E-state index contributed by atoms with van der Waals surface area (Å²) in [4.78, 5) is 37.8. The number of rotatable bonds is 6. The summed E-state index contributed by atoms with van der Waals surface area (Å²) in [6.45, 7) is 3.60. The number of amides is 2. The van der Waals surface area contributed by atoms with Gasteiger partial charge in [0.25, 0.3) is 11.8 Å². The summed E-state index contributed by atoms with van der Waals surface area (Å²) < 4.78 is 0. The summed E-state index contributed by atoms with van der Waals surface area (Å²) in [7, 11) is 0. The van der Waals surface area contributed by atoms with Gasteiger partial charge in [0.05, 0.1) is 13.2 Å². The third-order valence-corrected chi connectivity index (χ3v) is 4.51. The predicted octanol–water partition coefficient (Wildman–Crippen LogP) is 2.19. The third-order valence-electron chi connectivity index (χ3n) is 4.51. The average molecular weight is 364 g/mol. The van der Waals surface area contributed by atoms with Crippen molar-refractivity contribution in [3.8, 4) is 0 Å². The Hall–Kier alpha value is -3.25. The van der Waals surface area contributed by atoms with Crippen molar-refractivity contribution in [1.82, 2.24) is 4.90 Å². The number of aliphatic hydroxyl groups excluding tert-OH is 1. The molecule has 6 nitrogen and oxygen atoms in total. The number of ketones is 1. The first kappa shape index (κ1) is 18.5. The maximum absolute atomic E-state index is 12.8. The van der Waals surface area contributed by atoms with Gasteiger partial charge in [-0.05, 0) is 43.2 Å². The van der Waals surface area contributed by atoms with Crippen molar-refractivity contribution in [2.24, 2.45) is 0 Å². The van der Waals surface area contributed by atoms with Crippen LogP contribution in [-0.2, 0) is 9.59 Å². The lowest BCUT2D eigenvalue weighted by molar-refractivity contribution is -0.137. The number of nitrogens with one attached hydrogen (secondary N) is 1. The van der Waals surface area contributed by atoms with Gasteiger partial charge in [-0.25, -0.2) is 0 Å². The molecule has 0 atom stereocenters. The van der Waals surface area contributed by atoms with Crippen LogP contribution in [0.25, 0.3) is 0 Å². The van der Waals surface area contributed by atoms with Crippen LogP contribution in [-0.4, -0.2) is 40.8 Å². The molecule has 27 heavy (non-hydrogen) atoms. The largest absolute Gasteiger partial charge is 0.395 e. The maximum atomic E-state index is 12.8. The smallest absolute Gasteiger partial charge is 0.277 e. The summed E-state index contributed by atoms with van der Waals surface area (Å²) in [5, 5.41) is 11.8. The lowest BCUT2D eigenvalue weighted by Crippen LogP contribution is -2.34. The number of benzene rings is 2. The Morgan fingerprint density at radius 3 is 2.48 bits per heavy atom. The Balaban J connectivity index is 1.81. The Morgan fingerprint density at radius 1 is 1.04 bits per heavy atom. The predicted molar refractivity (Wildman–Crippen MR) is 101 cm³/mol. The quantitative estimate of drug-likeness (QED) is 0.606. The van der Waals surface area contributed by atoms with Crippen LogP contribution in [0, 0.1) is 13.8 Å². The fourth-order valence-corrected chi connectivity index (χ4v) is 2.85. The molecule has 1 heterocycles. The fourth-order valence-electron chi connectivity index (χ4n) is 2.85. The minimum atomic E-state index is -0.500. The number of β-amino-alcohol motifs (C(OH)–C–C–N with tert-alkyl or cyclic N) is 1. The molecule has 0 spiro atoms. The fraction of sp³-hybridized carbons (Fsp3) is 0.190. The molecule has 0 aromatic heterocycles. The highest BCUT2D eigenvalue weighted by atomic mass is 16.3. The number of anilines is 1. The van der Waals surface area contributed by atoms with Gasteiger partial charge < -0.3 is 10.4 Å². The Morgan fingerprint density at radius 2 is 1.78 bits per heavy atom. The van der Waals surface area contributed by atoms with Gasteiger partial charge >= 0.3 is 0 Å². The van der Waals surface area contributed by atoms with E-state index in [4.69, 9.17) is 5.11 Å². The molecule has 3 rings (SSSR count). The van der Waals surface area contributed by atoms with E-state index in [1.807, 2.05) is 26.0 Å². The molecule has 6 heteroatoms. The van der Waals surface area contributed by atoms with Crippen LogP contribution in [0.5, 0.6) is 0 Å². The van der Waals surface area contributed by atoms with Gasteiger partial charge in [0.2, 0.25) is 0 Å². The number of imide groups is 1. The van der Waals surface area contributed by atoms with Crippen LogP contribution < -0.4 is 5.32 Å². The van der Waals surface area contributed by atoms with Crippen LogP contribution in [0.3, 0.4) is 0 Å². The zero-order valence-corrected chi connectivity index (χ0v) is 15.2. The lowest BCUT2D eigenvalue weighted by atomic mass is 9.99. The molecule has 0 saturated carbocycles. The average Bonchev–Trinajstić information content (AvgIpc) is 2.91. The van der Waals surface area contributed by atoms with Crippen LogP contribution in [0.1, 0.15) is 27.0 Å². The van der Waals surface area contributed by atoms with E-state index in [1.54, 1.807) is 30.3 Å². The number of aryl methyl sites for hydroxylation is 2. The number of hydrogen-bond donors (Lipinski definition) is 2. The minimum absolute atomic E-state index is 0.0509. The minimum Gasteiger partial charge on any atom is -0.395 e. The van der Waals surface area contributed by atoms with Crippen molar-refractivity contribution in [1.29, 1.82) is 0 Å². The molecule has 2 aromatic carbocycles. The monoisotopic (exact) mass is 364 g/mol. The second kappa shape index (κ2) is 7.55. The van der Waals surface area contributed by atoms with E-state index in [0.717, 1.165) is 16.0 Å². The lowest BCUT2D eigenvalue weighted by Gasteiger charge is -2.13. The number of carbonyl (C=O) groups excluding carboxylic acids is 3. The summed E-state index contributed by atoms with van der Waals surface area (Å²) in [5.41, 5.74) is 3.88. The van der Waals surface area contributed by atoms with E-state index in [2.05, 4.69) is 5.32 Å². The van der Waals surface area contributed by atoms with E-state index >= 15 is 0 Å². The van der Waals surface area contributed by atoms with Gasteiger partial charge in [-0.1, -0.05) is 24.3 Å². The second-order valence-corrected chi connectivity index (χ2v) is 6.41. The third kappa shape index (κ3) is 3.80. The van der Waals surface area contributed by atoms with Crippen molar-refractivity contribution in [2.75, 3.05) is 18.5 Å². The van der Waals surface area contributed by atoms with Gasteiger partial charge in [-0.2, -0.15) is 0 Å². The molecule has 138 valence electrons. The van der Waals surface area contributed by atoms with E-state index in [-0.39, 0.29) is 24.6 Å². The van der Waals surface area contributed by atoms with Crippen LogP contribution in [0.2, 0.25) is 0 Å². The summed E-state index contributed by atoms with van der Waals surface area (Å²) in [6.07, 6.45) is 1.19. The van der Waals surface area contributed by atoms with Crippen molar-refractivity contribution in [3.05, 3.63) is 76.5 Å².